The first-order valence-electron chi connectivity index (χ1n) is 8.08. The van der Waals surface area contributed by atoms with Crippen molar-refractivity contribution in [3.8, 4) is 5.75 Å². The molecule has 0 bridgehead atoms. The SMILES string of the molecule is O=C(N/N=C\c1ccc(OC(=O)c2ccccc2)cc1)c1cccc(Cl)c1. The molecule has 1 N–H and O–H groups in total. The van der Waals surface area contributed by atoms with Crippen LogP contribution in [0.1, 0.15) is 26.3 Å². The van der Waals surface area contributed by atoms with E-state index in [1.54, 1.807) is 72.8 Å². The number of benzene rings is 3. The number of hydrazone groups is 1. The largest absolute Gasteiger partial charge is 0.423 e. The number of nitrogens with zero attached hydrogens (tertiary/aromatic N) is 1. The third kappa shape index (κ3) is 5.26. The van der Waals surface area contributed by atoms with Crippen LogP contribution in [0.25, 0.3) is 0 Å². The Bertz CT molecular complexity index is 970. The van der Waals surface area contributed by atoms with Crippen molar-refractivity contribution in [1.82, 2.24) is 5.43 Å². The molecular formula is C21H15ClN2O3. The zero-order valence-electron chi connectivity index (χ0n) is 14.1. The van der Waals surface area contributed by atoms with E-state index in [9.17, 15) is 9.59 Å². The first-order chi connectivity index (χ1) is 13.1. The average molecular weight is 379 g/mol. The molecule has 0 fully saturated rings. The fourth-order valence-electron chi connectivity index (χ4n) is 2.22. The van der Waals surface area contributed by atoms with Crippen molar-refractivity contribution in [3.05, 3.63) is 101 Å². The van der Waals surface area contributed by atoms with E-state index < -0.39 is 5.97 Å². The van der Waals surface area contributed by atoms with E-state index in [4.69, 9.17) is 16.3 Å². The highest BCUT2D eigenvalue weighted by Gasteiger charge is 2.07. The minimum absolute atomic E-state index is 0.359. The molecule has 0 radical (unpaired) electrons. The van der Waals surface area contributed by atoms with Gasteiger partial charge in [-0.2, -0.15) is 5.10 Å². The van der Waals surface area contributed by atoms with Gasteiger partial charge < -0.3 is 4.74 Å². The Hall–Kier alpha value is -3.44. The lowest BCUT2D eigenvalue weighted by molar-refractivity contribution is 0.0734. The molecule has 0 saturated carbocycles. The van der Waals surface area contributed by atoms with Gasteiger partial charge in [0.15, 0.2) is 0 Å². The van der Waals surface area contributed by atoms with Crippen LogP contribution in [0.4, 0.5) is 0 Å². The predicted octanol–water partition coefficient (Wildman–Crippen LogP) is 4.32. The molecule has 1 amide bonds. The number of ether oxygens (including phenoxy) is 1. The summed E-state index contributed by atoms with van der Waals surface area (Å²) in [6, 6.07) is 22.1. The van der Waals surface area contributed by atoms with E-state index >= 15 is 0 Å². The second-order valence-corrected chi connectivity index (χ2v) is 5.97. The fourth-order valence-corrected chi connectivity index (χ4v) is 2.41. The van der Waals surface area contributed by atoms with Crippen LogP contribution in [0.15, 0.2) is 84.0 Å². The van der Waals surface area contributed by atoms with E-state index in [0.717, 1.165) is 5.56 Å². The molecule has 0 aromatic heterocycles. The number of carbonyl (C=O) groups excluding carboxylic acids is 2. The van der Waals surface area contributed by atoms with Crippen LogP contribution in [0, 0.1) is 0 Å². The summed E-state index contributed by atoms with van der Waals surface area (Å²) in [5, 5.41) is 4.39. The molecule has 134 valence electrons. The van der Waals surface area contributed by atoms with Gasteiger partial charge in [-0.25, -0.2) is 10.2 Å². The molecular weight excluding hydrogens is 364 g/mol. The van der Waals surface area contributed by atoms with Crippen LogP contribution in [-0.2, 0) is 0 Å². The molecule has 0 aliphatic rings. The number of amides is 1. The molecule has 3 rings (SSSR count). The van der Waals surface area contributed by atoms with Crippen LogP contribution >= 0.6 is 11.6 Å². The summed E-state index contributed by atoms with van der Waals surface area (Å²) in [5.74, 6) is -0.364. The zero-order chi connectivity index (χ0) is 19.1. The monoisotopic (exact) mass is 378 g/mol. The van der Waals surface area contributed by atoms with E-state index in [-0.39, 0.29) is 5.91 Å². The normalized spacial score (nSPS) is 10.6. The second-order valence-electron chi connectivity index (χ2n) is 5.53. The van der Waals surface area contributed by atoms with Gasteiger partial charge in [-0.1, -0.05) is 35.9 Å². The van der Waals surface area contributed by atoms with Gasteiger partial charge in [-0.05, 0) is 60.2 Å². The molecule has 6 heteroatoms. The third-order valence-corrected chi connectivity index (χ3v) is 3.80. The molecule has 5 nitrogen and oxygen atoms in total. The predicted molar refractivity (Wildman–Crippen MR) is 104 cm³/mol. The van der Waals surface area contributed by atoms with E-state index in [2.05, 4.69) is 10.5 Å². The number of esters is 1. The lowest BCUT2D eigenvalue weighted by atomic mass is 10.2. The van der Waals surface area contributed by atoms with Crippen molar-refractivity contribution in [2.75, 3.05) is 0 Å². The molecule has 0 spiro atoms. The standard InChI is InChI=1S/C21H15ClN2O3/c22-18-8-4-7-17(13-18)20(25)24-23-14-15-9-11-19(12-10-15)27-21(26)16-5-2-1-3-6-16/h1-14H,(H,24,25)/b23-14-. The number of hydrogen-bond acceptors (Lipinski definition) is 4. The molecule has 0 heterocycles. The van der Waals surface area contributed by atoms with Gasteiger partial charge in [0.25, 0.3) is 5.91 Å². The zero-order valence-corrected chi connectivity index (χ0v) is 14.9. The molecule has 0 atom stereocenters. The lowest BCUT2D eigenvalue weighted by Crippen LogP contribution is -2.17. The maximum absolute atomic E-state index is 12.0. The molecule has 27 heavy (non-hydrogen) atoms. The van der Waals surface area contributed by atoms with Crippen LogP contribution in [-0.4, -0.2) is 18.1 Å². The van der Waals surface area contributed by atoms with Gasteiger partial charge in [0, 0.05) is 10.6 Å². The maximum atomic E-state index is 12.0. The summed E-state index contributed by atoms with van der Waals surface area (Å²) in [5.41, 5.74) is 4.06. The topological polar surface area (TPSA) is 67.8 Å². The number of halogens is 1. The van der Waals surface area contributed by atoms with Gasteiger partial charge >= 0.3 is 5.97 Å². The van der Waals surface area contributed by atoms with Crippen LogP contribution in [0.5, 0.6) is 5.75 Å². The van der Waals surface area contributed by atoms with E-state index in [0.29, 0.717) is 21.9 Å². The number of nitrogens with one attached hydrogen (secondary N) is 1. The average Bonchev–Trinajstić information content (AvgIpc) is 2.70. The summed E-state index contributed by atoms with van der Waals surface area (Å²) < 4.78 is 5.30. The summed E-state index contributed by atoms with van der Waals surface area (Å²) in [6.45, 7) is 0. The Morgan fingerprint density at radius 1 is 0.889 bits per heavy atom. The smallest absolute Gasteiger partial charge is 0.343 e. The number of carbonyl (C=O) groups is 2. The molecule has 3 aromatic carbocycles. The van der Waals surface area contributed by atoms with E-state index in [1.165, 1.54) is 6.21 Å². The molecule has 0 aliphatic carbocycles. The van der Waals surface area contributed by atoms with Crippen molar-refractivity contribution in [1.29, 1.82) is 0 Å². The first kappa shape index (κ1) is 18.4. The van der Waals surface area contributed by atoms with Crippen LogP contribution < -0.4 is 10.2 Å². The van der Waals surface area contributed by atoms with Gasteiger partial charge in [0.05, 0.1) is 11.8 Å². The molecule has 0 saturated heterocycles. The summed E-state index contributed by atoms with van der Waals surface area (Å²) in [4.78, 5) is 24.0. The molecule has 0 aliphatic heterocycles. The first-order valence-corrected chi connectivity index (χ1v) is 8.46. The number of hydrogen-bond donors (Lipinski definition) is 1. The van der Waals surface area contributed by atoms with Crippen molar-refractivity contribution in [2.45, 2.75) is 0 Å². The van der Waals surface area contributed by atoms with Crippen molar-refractivity contribution >= 4 is 29.7 Å². The summed E-state index contributed by atoms with van der Waals surface area (Å²) >= 11 is 5.85. The van der Waals surface area contributed by atoms with Crippen molar-refractivity contribution in [3.63, 3.8) is 0 Å². The van der Waals surface area contributed by atoms with E-state index in [1.807, 2.05) is 6.07 Å². The highest BCUT2D eigenvalue weighted by atomic mass is 35.5. The third-order valence-electron chi connectivity index (χ3n) is 3.57. The Morgan fingerprint density at radius 3 is 2.30 bits per heavy atom. The van der Waals surface area contributed by atoms with Gasteiger partial charge in [-0.3, -0.25) is 4.79 Å². The highest BCUT2D eigenvalue weighted by Crippen LogP contribution is 2.14. The lowest BCUT2D eigenvalue weighted by Gasteiger charge is -2.04. The fraction of sp³-hybridized carbons (Fsp3) is 0. The molecule has 0 unspecified atom stereocenters. The van der Waals surface area contributed by atoms with Crippen molar-refractivity contribution in [2.24, 2.45) is 5.10 Å². The quantitative estimate of drug-likeness (QED) is 0.311. The maximum Gasteiger partial charge on any atom is 0.343 e. The minimum Gasteiger partial charge on any atom is -0.423 e. The number of rotatable bonds is 5. The summed E-state index contributed by atoms with van der Waals surface area (Å²) in [6.07, 6.45) is 1.49. The summed E-state index contributed by atoms with van der Waals surface area (Å²) in [7, 11) is 0. The van der Waals surface area contributed by atoms with Crippen LogP contribution in [0.2, 0.25) is 5.02 Å². The highest BCUT2D eigenvalue weighted by molar-refractivity contribution is 6.30. The second kappa shape index (κ2) is 8.78. The Morgan fingerprint density at radius 2 is 1.59 bits per heavy atom. The van der Waals surface area contributed by atoms with Crippen molar-refractivity contribution < 1.29 is 14.3 Å². The van der Waals surface area contributed by atoms with Gasteiger partial charge in [0.1, 0.15) is 5.75 Å². The van der Waals surface area contributed by atoms with Gasteiger partial charge in [-0.15, -0.1) is 0 Å². The Balaban J connectivity index is 1.56. The van der Waals surface area contributed by atoms with Gasteiger partial charge in [0.2, 0.25) is 0 Å². The minimum atomic E-state index is -0.425. The Labute approximate surface area is 161 Å². The Kier molecular flexibility index (Phi) is 5.97. The van der Waals surface area contributed by atoms with Crippen LogP contribution in [0.3, 0.4) is 0 Å². The molecule has 3 aromatic rings.